The number of halogens is 1. The summed E-state index contributed by atoms with van der Waals surface area (Å²) in [6, 6.07) is 0. The van der Waals surface area contributed by atoms with Gasteiger partial charge in [-0.25, -0.2) is 0 Å². The number of alkyl halides is 1. The van der Waals surface area contributed by atoms with Gasteiger partial charge < -0.3 is 5.11 Å². The van der Waals surface area contributed by atoms with E-state index in [1.54, 1.807) is 0 Å². The van der Waals surface area contributed by atoms with Gasteiger partial charge in [-0.1, -0.05) is 0 Å². The Balaban J connectivity index is 0. The summed E-state index contributed by atoms with van der Waals surface area (Å²) in [5, 5.41) is 7.59. The summed E-state index contributed by atoms with van der Waals surface area (Å²) in [6.07, 6.45) is 0. The summed E-state index contributed by atoms with van der Waals surface area (Å²) in [5.74, 6) is -1.29. The molecule has 0 amide bonds. The molecule has 0 spiro atoms. The maximum absolute atomic E-state index is 9.24. The van der Waals surface area contributed by atoms with Crippen molar-refractivity contribution in [1.82, 2.24) is 0 Å². The fourth-order valence-corrected chi connectivity index (χ4v) is 0. The first-order valence-electron chi connectivity index (χ1n) is 1.05. The smallest absolute Gasteiger partial charge is 0.318 e. The third-order valence-electron chi connectivity index (χ3n) is 0.114. The molecule has 0 bridgehead atoms. The van der Waals surface area contributed by atoms with E-state index >= 15 is 0 Å². The van der Waals surface area contributed by atoms with E-state index in [4.69, 9.17) is 16.7 Å². The Labute approximate surface area is 51.0 Å². The Morgan fingerprint density at radius 2 is 2.00 bits per heavy atom. The molecule has 0 unspecified atom stereocenters. The summed E-state index contributed by atoms with van der Waals surface area (Å²) in [6.45, 7) is 0. The molecule has 0 rings (SSSR count). The molecule has 0 saturated heterocycles. The van der Waals surface area contributed by atoms with Crippen LogP contribution in [0.15, 0.2) is 0 Å². The molecule has 4 heteroatoms. The van der Waals surface area contributed by atoms with Crippen LogP contribution in [0.2, 0.25) is 0 Å². The van der Waals surface area contributed by atoms with Crippen molar-refractivity contribution in [3.63, 3.8) is 0 Å². The summed E-state index contributed by atoms with van der Waals surface area (Å²) in [5.41, 5.74) is 0. The van der Waals surface area contributed by atoms with Gasteiger partial charge in [-0.15, -0.1) is 11.6 Å². The van der Waals surface area contributed by atoms with E-state index in [2.05, 4.69) is 0 Å². The SMILES string of the molecule is O=C(O)CCl.[Mn]. The van der Waals surface area contributed by atoms with Crippen molar-refractivity contribution in [3.05, 3.63) is 0 Å². The minimum Gasteiger partial charge on any atom is -0.480 e. The second-order valence-electron chi connectivity index (χ2n) is 0.527. The van der Waals surface area contributed by atoms with Crippen LogP contribution in [-0.2, 0) is 21.9 Å². The quantitative estimate of drug-likeness (QED) is 0.430. The number of carbonyl (C=O) groups is 1. The molecule has 0 atom stereocenters. The molecule has 0 saturated carbocycles. The topological polar surface area (TPSA) is 37.3 Å². The number of rotatable bonds is 1. The van der Waals surface area contributed by atoms with Crippen LogP contribution >= 0.6 is 11.6 Å². The Hall–Kier alpha value is 0.279. The van der Waals surface area contributed by atoms with Crippen molar-refractivity contribution in [2.75, 3.05) is 5.88 Å². The average Bonchev–Trinajstić information content (AvgIpc) is 1.38. The summed E-state index contributed by atoms with van der Waals surface area (Å²) in [4.78, 5) is 9.24. The molecule has 6 heavy (non-hydrogen) atoms. The second-order valence-corrected chi connectivity index (χ2v) is 0.795. The maximum Gasteiger partial charge on any atom is 0.318 e. The first kappa shape index (κ1) is 9.56. The number of aliphatic carboxylic acids is 1. The predicted molar refractivity (Wildman–Crippen MR) is 18.4 cm³/mol. The van der Waals surface area contributed by atoms with Crippen LogP contribution in [0.4, 0.5) is 0 Å². The van der Waals surface area contributed by atoms with E-state index in [0.29, 0.717) is 0 Å². The average molecular weight is 149 g/mol. The van der Waals surface area contributed by atoms with Gasteiger partial charge in [0.25, 0.3) is 0 Å². The molecule has 0 aromatic rings. The van der Waals surface area contributed by atoms with Crippen molar-refractivity contribution < 1.29 is 27.0 Å². The van der Waals surface area contributed by atoms with Gasteiger partial charge in [0.05, 0.1) is 0 Å². The van der Waals surface area contributed by atoms with E-state index in [9.17, 15) is 4.79 Å². The molecular formula is C2H3ClMnO2. The van der Waals surface area contributed by atoms with Crippen molar-refractivity contribution in [1.29, 1.82) is 0 Å². The molecule has 2 nitrogen and oxygen atoms in total. The normalized spacial score (nSPS) is 6.17. The minimum absolute atomic E-state index is 0. The molecule has 37 valence electrons. The third kappa shape index (κ3) is 8.86. The van der Waals surface area contributed by atoms with Crippen LogP contribution in [0.3, 0.4) is 0 Å². The Bertz CT molecular complexity index is 46.8. The fraction of sp³-hybridized carbons (Fsp3) is 0.500. The van der Waals surface area contributed by atoms with E-state index in [-0.39, 0.29) is 22.9 Å². The number of hydrogen-bond acceptors (Lipinski definition) is 1. The Morgan fingerprint density at radius 3 is 2.00 bits per heavy atom. The number of carboxylic acid groups (broad SMARTS) is 1. The summed E-state index contributed by atoms with van der Waals surface area (Å²) in [7, 11) is 0. The van der Waals surface area contributed by atoms with E-state index in [1.165, 1.54) is 0 Å². The Kier molecular flexibility index (Phi) is 8.41. The molecule has 0 aromatic carbocycles. The van der Waals surface area contributed by atoms with Gasteiger partial charge in [-0.3, -0.25) is 4.79 Å². The molecule has 1 radical (unpaired) electrons. The Morgan fingerprint density at radius 1 is 1.83 bits per heavy atom. The van der Waals surface area contributed by atoms with E-state index in [0.717, 1.165) is 0 Å². The van der Waals surface area contributed by atoms with Crippen LogP contribution in [0, 0.1) is 0 Å². The molecular weight excluding hydrogens is 146 g/mol. The third-order valence-corrected chi connectivity index (χ3v) is 0.343. The van der Waals surface area contributed by atoms with E-state index < -0.39 is 5.97 Å². The number of hydrogen-bond donors (Lipinski definition) is 1. The number of carboxylic acids is 1. The predicted octanol–water partition coefficient (Wildman–Crippen LogP) is 0.307. The first-order valence-corrected chi connectivity index (χ1v) is 1.58. The van der Waals surface area contributed by atoms with Gasteiger partial charge in [-0.05, 0) is 0 Å². The van der Waals surface area contributed by atoms with Crippen LogP contribution < -0.4 is 0 Å². The van der Waals surface area contributed by atoms with E-state index in [1.807, 2.05) is 0 Å². The zero-order valence-electron chi connectivity index (χ0n) is 2.82. The van der Waals surface area contributed by atoms with Gasteiger partial charge in [0.15, 0.2) is 0 Å². The summed E-state index contributed by atoms with van der Waals surface area (Å²) < 4.78 is 0. The minimum atomic E-state index is -0.980. The first-order chi connectivity index (χ1) is 2.27. The van der Waals surface area contributed by atoms with Crippen molar-refractivity contribution in [2.24, 2.45) is 0 Å². The fourth-order valence-electron chi connectivity index (χ4n) is 0. The molecule has 0 aromatic heterocycles. The van der Waals surface area contributed by atoms with Gasteiger partial charge in [0.1, 0.15) is 5.88 Å². The van der Waals surface area contributed by atoms with Gasteiger partial charge in [0.2, 0.25) is 0 Å². The van der Waals surface area contributed by atoms with Crippen molar-refractivity contribution in [2.45, 2.75) is 0 Å². The molecule has 1 N–H and O–H groups in total. The van der Waals surface area contributed by atoms with Crippen molar-refractivity contribution in [3.8, 4) is 0 Å². The molecule has 0 fully saturated rings. The summed E-state index contributed by atoms with van der Waals surface area (Å²) >= 11 is 4.74. The van der Waals surface area contributed by atoms with Gasteiger partial charge in [-0.2, -0.15) is 0 Å². The molecule has 0 aliphatic carbocycles. The van der Waals surface area contributed by atoms with Gasteiger partial charge in [0, 0.05) is 17.1 Å². The van der Waals surface area contributed by atoms with Crippen LogP contribution in [0.1, 0.15) is 0 Å². The van der Waals surface area contributed by atoms with Crippen LogP contribution in [0.25, 0.3) is 0 Å². The van der Waals surface area contributed by atoms with Crippen LogP contribution in [-0.4, -0.2) is 17.0 Å². The zero-order valence-corrected chi connectivity index (χ0v) is 4.75. The largest absolute Gasteiger partial charge is 0.480 e. The molecule has 0 heterocycles. The molecule has 0 aliphatic heterocycles. The standard InChI is InChI=1S/C2H3ClO2.Mn/c3-1-2(4)5;/h1H2,(H,4,5);. The monoisotopic (exact) mass is 149 g/mol. The van der Waals surface area contributed by atoms with Gasteiger partial charge >= 0.3 is 5.97 Å². The zero-order chi connectivity index (χ0) is 4.28. The van der Waals surface area contributed by atoms with Crippen molar-refractivity contribution >= 4 is 17.6 Å². The maximum atomic E-state index is 9.24. The van der Waals surface area contributed by atoms with Crippen LogP contribution in [0.5, 0.6) is 0 Å². The molecule has 0 aliphatic rings. The second kappa shape index (κ2) is 5.28.